The van der Waals surface area contributed by atoms with Crippen LogP contribution < -0.4 is 15.4 Å². The standard InChI is InChI=1S/C15H22N2O5/c1-22-12-5-3-2-4-9(12)6-13(19)16-7-10-14(20)15(21)11(8-18)17-10/h2-5,10-11,14-15,17-18,20-21H,6-8H2,1H3,(H,16,19)/t10-,11+,14+,15-/m0/s1. The maximum atomic E-state index is 12.0. The van der Waals surface area contributed by atoms with Crippen molar-refractivity contribution in [3.05, 3.63) is 29.8 Å². The van der Waals surface area contributed by atoms with Gasteiger partial charge in [-0.05, 0) is 6.07 Å². The van der Waals surface area contributed by atoms with E-state index in [1.807, 2.05) is 18.2 Å². The van der Waals surface area contributed by atoms with Gasteiger partial charge in [-0.15, -0.1) is 0 Å². The minimum Gasteiger partial charge on any atom is -0.496 e. The summed E-state index contributed by atoms with van der Waals surface area (Å²) in [6.07, 6.45) is -1.90. The molecule has 0 bridgehead atoms. The number of aliphatic hydroxyl groups excluding tert-OH is 3. The first-order chi connectivity index (χ1) is 10.6. The average molecular weight is 310 g/mol. The van der Waals surface area contributed by atoms with Crippen LogP contribution in [0.2, 0.25) is 0 Å². The van der Waals surface area contributed by atoms with Gasteiger partial charge >= 0.3 is 0 Å². The molecule has 0 aliphatic carbocycles. The second-order valence-corrected chi connectivity index (χ2v) is 5.34. The molecule has 4 atom stereocenters. The fourth-order valence-electron chi connectivity index (χ4n) is 2.60. The number of methoxy groups -OCH3 is 1. The molecule has 5 N–H and O–H groups in total. The number of hydrogen-bond donors (Lipinski definition) is 5. The van der Waals surface area contributed by atoms with Gasteiger partial charge in [-0.1, -0.05) is 18.2 Å². The number of hydrogen-bond acceptors (Lipinski definition) is 6. The first kappa shape index (κ1) is 16.7. The Morgan fingerprint density at radius 3 is 2.59 bits per heavy atom. The van der Waals surface area contributed by atoms with Gasteiger partial charge in [-0.3, -0.25) is 4.79 Å². The monoisotopic (exact) mass is 310 g/mol. The van der Waals surface area contributed by atoms with Crippen molar-refractivity contribution in [2.45, 2.75) is 30.7 Å². The Morgan fingerprint density at radius 1 is 1.27 bits per heavy atom. The molecule has 0 aromatic heterocycles. The number of para-hydroxylation sites is 1. The molecule has 122 valence electrons. The Hall–Kier alpha value is -1.67. The van der Waals surface area contributed by atoms with E-state index in [2.05, 4.69) is 10.6 Å². The largest absolute Gasteiger partial charge is 0.496 e. The van der Waals surface area contributed by atoms with E-state index < -0.39 is 24.3 Å². The lowest BCUT2D eigenvalue weighted by Crippen LogP contribution is -2.44. The highest BCUT2D eigenvalue weighted by Gasteiger charge is 2.40. The van der Waals surface area contributed by atoms with Crippen molar-refractivity contribution < 1.29 is 24.9 Å². The average Bonchev–Trinajstić information content (AvgIpc) is 2.81. The molecule has 1 aromatic rings. The third-order valence-electron chi connectivity index (χ3n) is 3.86. The molecule has 22 heavy (non-hydrogen) atoms. The van der Waals surface area contributed by atoms with E-state index >= 15 is 0 Å². The molecule has 7 heteroatoms. The molecule has 0 unspecified atom stereocenters. The Bertz CT molecular complexity index is 510. The minimum atomic E-state index is -1.04. The van der Waals surface area contributed by atoms with Gasteiger partial charge in [-0.2, -0.15) is 0 Å². The SMILES string of the molecule is COc1ccccc1CC(=O)NC[C@@H]1N[C@H](CO)[C@H](O)[C@@H]1O. The van der Waals surface area contributed by atoms with E-state index in [0.717, 1.165) is 5.56 Å². The van der Waals surface area contributed by atoms with E-state index in [1.54, 1.807) is 13.2 Å². The second-order valence-electron chi connectivity index (χ2n) is 5.34. The molecule has 0 spiro atoms. The maximum Gasteiger partial charge on any atom is 0.224 e. The summed E-state index contributed by atoms with van der Waals surface area (Å²) in [6, 6.07) is 6.19. The number of carbonyl (C=O) groups is 1. The van der Waals surface area contributed by atoms with Crippen LogP contribution in [0.5, 0.6) is 5.75 Å². The fourth-order valence-corrected chi connectivity index (χ4v) is 2.60. The van der Waals surface area contributed by atoms with Crippen molar-refractivity contribution in [1.29, 1.82) is 0 Å². The lowest BCUT2D eigenvalue weighted by atomic mass is 10.1. The van der Waals surface area contributed by atoms with Gasteiger partial charge in [0, 0.05) is 12.1 Å². The predicted octanol–water partition coefficient (Wildman–Crippen LogP) is -1.59. The molecule has 0 radical (unpaired) electrons. The third-order valence-corrected chi connectivity index (χ3v) is 3.86. The van der Waals surface area contributed by atoms with Gasteiger partial charge in [-0.25, -0.2) is 0 Å². The fraction of sp³-hybridized carbons (Fsp3) is 0.533. The Labute approximate surface area is 128 Å². The first-order valence-corrected chi connectivity index (χ1v) is 7.18. The number of benzene rings is 1. The van der Waals surface area contributed by atoms with Crippen LogP contribution in [0.4, 0.5) is 0 Å². The minimum absolute atomic E-state index is 0.165. The van der Waals surface area contributed by atoms with Crippen LogP contribution in [-0.4, -0.2) is 65.8 Å². The van der Waals surface area contributed by atoms with Gasteiger partial charge in [0.1, 0.15) is 5.75 Å². The molecule has 7 nitrogen and oxygen atoms in total. The Kier molecular flexibility index (Phi) is 5.73. The first-order valence-electron chi connectivity index (χ1n) is 7.18. The van der Waals surface area contributed by atoms with Crippen molar-refractivity contribution in [1.82, 2.24) is 10.6 Å². The molecule has 1 saturated heterocycles. The van der Waals surface area contributed by atoms with Crippen LogP contribution in [0, 0.1) is 0 Å². The van der Waals surface area contributed by atoms with Crippen molar-refractivity contribution >= 4 is 5.91 Å². The third kappa shape index (κ3) is 3.75. The van der Waals surface area contributed by atoms with Crippen LogP contribution in [0.1, 0.15) is 5.56 Å². The maximum absolute atomic E-state index is 12.0. The number of amides is 1. The normalized spacial score (nSPS) is 27.6. The van der Waals surface area contributed by atoms with E-state index in [4.69, 9.17) is 9.84 Å². The zero-order chi connectivity index (χ0) is 16.1. The summed E-state index contributed by atoms with van der Waals surface area (Å²) in [5.41, 5.74) is 0.774. The second kappa shape index (κ2) is 7.55. The van der Waals surface area contributed by atoms with E-state index in [1.165, 1.54) is 0 Å². The highest BCUT2D eigenvalue weighted by molar-refractivity contribution is 5.79. The number of ether oxygens (including phenoxy) is 1. The summed E-state index contributed by atoms with van der Waals surface area (Å²) in [4.78, 5) is 12.0. The lowest BCUT2D eigenvalue weighted by molar-refractivity contribution is -0.120. The van der Waals surface area contributed by atoms with Gasteiger partial charge in [0.25, 0.3) is 0 Å². The zero-order valence-corrected chi connectivity index (χ0v) is 12.4. The van der Waals surface area contributed by atoms with E-state index in [0.29, 0.717) is 5.75 Å². The van der Waals surface area contributed by atoms with E-state index in [9.17, 15) is 15.0 Å². The summed E-state index contributed by atoms with van der Waals surface area (Å²) in [7, 11) is 1.55. The molecule has 1 heterocycles. The van der Waals surface area contributed by atoms with Crippen LogP contribution in [0.3, 0.4) is 0 Å². The van der Waals surface area contributed by atoms with Crippen LogP contribution >= 0.6 is 0 Å². The lowest BCUT2D eigenvalue weighted by Gasteiger charge is -2.16. The molecule has 1 aliphatic heterocycles. The summed E-state index contributed by atoms with van der Waals surface area (Å²) >= 11 is 0. The van der Waals surface area contributed by atoms with Crippen molar-refractivity contribution in [3.8, 4) is 5.75 Å². The number of carbonyl (C=O) groups excluding carboxylic acids is 1. The van der Waals surface area contributed by atoms with Crippen LogP contribution in [-0.2, 0) is 11.2 Å². The smallest absolute Gasteiger partial charge is 0.224 e. The van der Waals surface area contributed by atoms with Crippen molar-refractivity contribution in [3.63, 3.8) is 0 Å². The summed E-state index contributed by atoms with van der Waals surface area (Å²) < 4.78 is 5.19. The zero-order valence-electron chi connectivity index (χ0n) is 12.4. The van der Waals surface area contributed by atoms with Gasteiger partial charge in [0.2, 0.25) is 5.91 Å². The molecular formula is C15H22N2O5. The number of aliphatic hydroxyl groups is 3. The molecule has 2 rings (SSSR count). The Balaban J connectivity index is 1.86. The molecule has 1 aliphatic rings. The summed E-state index contributed by atoms with van der Waals surface area (Å²) in [5, 5.41) is 34.2. The van der Waals surface area contributed by atoms with E-state index in [-0.39, 0.29) is 25.5 Å². The van der Waals surface area contributed by atoms with Crippen molar-refractivity contribution in [2.24, 2.45) is 0 Å². The molecule has 1 amide bonds. The predicted molar refractivity (Wildman–Crippen MR) is 79.5 cm³/mol. The van der Waals surface area contributed by atoms with Crippen LogP contribution in [0.15, 0.2) is 24.3 Å². The molecule has 0 saturated carbocycles. The highest BCUT2D eigenvalue weighted by Crippen LogP contribution is 2.18. The highest BCUT2D eigenvalue weighted by atomic mass is 16.5. The molecule has 1 fully saturated rings. The van der Waals surface area contributed by atoms with Gasteiger partial charge in [0.05, 0.1) is 44.4 Å². The van der Waals surface area contributed by atoms with Gasteiger partial charge < -0.3 is 30.7 Å². The van der Waals surface area contributed by atoms with Crippen molar-refractivity contribution in [2.75, 3.05) is 20.3 Å². The summed E-state index contributed by atoms with van der Waals surface area (Å²) in [6.45, 7) is -0.105. The number of nitrogens with one attached hydrogen (secondary N) is 2. The topological polar surface area (TPSA) is 111 Å². The molecular weight excluding hydrogens is 288 g/mol. The molecule has 1 aromatic carbocycles. The number of rotatable bonds is 6. The van der Waals surface area contributed by atoms with Gasteiger partial charge in [0.15, 0.2) is 0 Å². The van der Waals surface area contributed by atoms with Crippen LogP contribution in [0.25, 0.3) is 0 Å². The Morgan fingerprint density at radius 2 is 1.95 bits per heavy atom. The summed E-state index contributed by atoms with van der Waals surface area (Å²) in [5.74, 6) is 0.438. The quantitative estimate of drug-likeness (QED) is 0.433.